The topological polar surface area (TPSA) is 111 Å². The normalized spacial score (nSPS) is 18.8. The number of aliphatic hydroxyl groups is 1. The van der Waals surface area contributed by atoms with Gasteiger partial charge in [0.05, 0.1) is 11.7 Å². The van der Waals surface area contributed by atoms with Crippen LogP contribution in [0.25, 0.3) is 17.5 Å². The largest absolute Gasteiger partial charge is 0.485 e. The Morgan fingerprint density at radius 3 is 2.55 bits per heavy atom. The molecular weight excluding hydrogens is 560 g/mol. The Morgan fingerprint density at radius 2 is 1.80 bits per heavy atom. The number of nitrogens with zero attached hydrogens (tertiary/aromatic N) is 2. The SMILES string of the molecule is CCO[C@H](C(=O)N1C(=O)OC[C@@H]1Cc1ccccc1)[C@H](O)c1cccc2c1C=CC(Cc1nc(-c3ccccc3)oc1C)O2. The first-order valence-corrected chi connectivity index (χ1v) is 14.8. The average Bonchev–Trinajstić information content (AvgIpc) is 3.60. The van der Waals surface area contributed by atoms with Gasteiger partial charge < -0.3 is 23.7 Å². The number of rotatable bonds is 10. The van der Waals surface area contributed by atoms with Crippen LogP contribution in [0, 0.1) is 6.92 Å². The van der Waals surface area contributed by atoms with Crippen LogP contribution in [0.2, 0.25) is 0 Å². The molecule has 1 fully saturated rings. The lowest BCUT2D eigenvalue weighted by Crippen LogP contribution is -2.48. The van der Waals surface area contributed by atoms with Gasteiger partial charge in [-0.3, -0.25) is 4.79 Å². The van der Waals surface area contributed by atoms with Crippen LogP contribution < -0.4 is 4.74 Å². The number of aryl methyl sites for hydroxylation is 1. The van der Waals surface area contributed by atoms with Crippen molar-refractivity contribution in [2.45, 2.75) is 51.0 Å². The Kier molecular flexibility index (Phi) is 8.58. The Bertz CT molecular complexity index is 1650. The van der Waals surface area contributed by atoms with Gasteiger partial charge in [-0.1, -0.05) is 66.7 Å². The fourth-order valence-electron chi connectivity index (χ4n) is 5.67. The van der Waals surface area contributed by atoms with Crippen LogP contribution in [0.4, 0.5) is 4.79 Å². The van der Waals surface area contributed by atoms with Crippen LogP contribution in [-0.4, -0.2) is 58.5 Å². The van der Waals surface area contributed by atoms with Crippen molar-refractivity contribution in [2.24, 2.45) is 0 Å². The van der Waals surface area contributed by atoms with E-state index in [0.717, 1.165) is 27.5 Å². The maximum absolute atomic E-state index is 13.8. The molecule has 1 saturated heterocycles. The van der Waals surface area contributed by atoms with E-state index in [2.05, 4.69) is 0 Å². The van der Waals surface area contributed by atoms with E-state index in [1.54, 1.807) is 19.1 Å². The van der Waals surface area contributed by atoms with Gasteiger partial charge in [-0.15, -0.1) is 0 Å². The summed E-state index contributed by atoms with van der Waals surface area (Å²) in [6.07, 6.45) is 0.965. The Hall–Kier alpha value is -4.73. The number of aliphatic hydroxyl groups excluding tert-OH is 1. The molecule has 0 aliphatic carbocycles. The number of imide groups is 1. The number of carbonyl (C=O) groups is 2. The number of aromatic nitrogens is 1. The molecule has 0 saturated carbocycles. The number of ether oxygens (including phenoxy) is 3. The van der Waals surface area contributed by atoms with Gasteiger partial charge in [0.25, 0.3) is 5.91 Å². The molecule has 3 aromatic carbocycles. The third kappa shape index (κ3) is 6.02. The van der Waals surface area contributed by atoms with Crippen molar-refractivity contribution < 1.29 is 33.3 Å². The molecule has 3 heterocycles. The number of fused-ring (bicyclic) bond motifs is 1. The highest BCUT2D eigenvalue weighted by Gasteiger charge is 2.44. The number of hydrogen-bond donors (Lipinski definition) is 1. The maximum Gasteiger partial charge on any atom is 0.417 e. The van der Waals surface area contributed by atoms with Gasteiger partial charge in [0.1, 0.15) is 30.3 Å². The van der Waals surface area contributed by atoms with E-state index in [0.29, 0.717) is 35.6 Å². The van der Waals surface area contributed by atoms with Crippen molar-refractivity contribution in [3.05, 3.63) is 113 Å². The van der Waals surface area contributed by atoms with Crippen molar-refractivity contribution in [3.8, 4) is 17.2 Å². The molecular formula is C35H34N2O7. The first kappa shape index (κ1) is 29.3. The van der Waals surface area contributed by atoms with E-state index in [1.165, 1.54) is 0 Å². The highest BCUT2D eigenvalue weighted by atomic mass is 16.6. The summed E-state index contributed by atoms with van der Waals surface area (Å²) < 4.78 is 23.3. The lowest BCUT2D eigenvalue weighted by molar-refractivity contribution is -0.149. The van der Waals surface area contributed by atoms with Crippen LogP contribution in [0.5, 0.6) is 5.75 Å². The van der Waals surface area contributed by atoms with Gasteiger partial charge in [0, 0.05) is 24.2 Å². The molecule has 226 valence electrons. The molecule has 2 aliphatic rings. The van der Waals surface area contributed by atoms with Crippen molar-refractivity contribution >= 4 is 18.1 Å². The number of benzene rings is 3. The van der Waals surface area contributed by atoms with E-state index < -0.39 is 30.3 Å². The van der Waals surface area contributed by atoms with Gasteiger partial charge >= 0.3 is 6.09 Å². The van der Waals surface area contributed by atoms with Crippen molar-refractivity contribution in [2.75, 3.05) is 13.2 Å². The summed E-state index contributed by atoms with van der Waals surface area (Å²) in [4.78, 5) is 32.3. The zero-order valence-electron chi connectivity index (χ0n) is 24.6. The average molecular weight is 595 g/mol. The number of oxazole rings is 1. The van der Waals surface area contributed by atoms with Crippen LogP contribution in [-0.2, 0) is 27.1 Å². The Balaban J connectivity index is 1.20. The minimum atomic E-state index is -1.36. The zero-order chi connectivity index (χ0) is 30.6. The van der Waals surface area contributed by atoms with Crippen LogP contribution in [0.3, 0.4) is 0 Å². The molecule has 0 radical (unpaired) electrons. The third-order valence-corrected chi connectivity index (χ3v) is 7.87. The quantitative estimate of drug-likeness (QED) is 0.249. The lowest BCUT2D eigenvalue weighted by Gasteiger charge is -2.30. The molecule has 1 aromatic heterocycles. The lowest BCUT2D eigenvalue weighted by atomic mass is 9.94. The minimum Gasteiger partial charge on any atom is -0.485 e. The summed E-state index contributed by atoms with van der Waals surface area (Å²) >= 11 is 0. The summed E-state index contributed by atoms with van der Waals surface area (Å²) in [6.45, 7) is 3.85. The van der Waals surface area contributed by atoms with E-state index in [1.807, 2.05) is 85.8 Å². The summed E-state index contributed by atoms with van der Waals surface area (Å²) in [5.41, 5.74) is 3.76. The molecule has 1 unspecified atom stereocenters. The van der Waals surface area contributed by atoms with E-state index in [9.17, 15) is 14.7 Å². The first-order chi connectivity index (χ1) is 21.4. The van der Waals surface area contributed by atoms with Crippen LogP contribution >= 0.6 is 0 Å². The van der Waals surface area contributed by atoms with Gasteiger partial charge in [0.2, 0.25) is 5.89 Å². The molecule has 9 nitrogen and oxygen atoms in total. The minimum absolute atomic E-state index is 0.0744. The molecule has 0 spiro atoms. The Morgan fingerprint density at radius 1 is 1.05 bits per heavy atom. The van der Waals surface area contributed by atoms with Crippen LogP contribution in [0.15, 0.2) is 89.4 Å². The van der Waals surface area contributed by atoms with Crippen molar-refractivity contribution in [1.82, 2.24) is 9.88 Å². The Labute approximate surface area is 255 Å². The molecule has 1 N–H and O–H groups in total. The third-order valence-electron chi connectivity index (χ3n) is 7.87. The second kappa shape index (κ2) is 12.9. The molecule has 44 heavy (non-hydrogen) atoms. The number of amides is 2. The smallest absolute Gasteiger partial charge is 0.417 e. The van der Waals surface area contributed by atoms with Gasteiger partial charge in [-0.05, 0) is 55.7 Å². The first-order valence-electron chi connectivity index (χ1n) is 14.8. The van der Waals surface area contributed by atoms with Crippen molar-refractivity contribution in [3.63, 3.8) is 0 Å². The van der Waals surface area contributed by atoms with Crippen LogP contribution in [0.1, 0.15) is 41.2 Å². The number of hydrogen-bond acceptors (Lipinski definition) is 8. The van der Waals surface area contributed by atoms with Gasteiger partial charge in [0.15, 0.2) is 6.10 Å². The fraction of sp³-hybridized carbons (Fsp3) is 0.286. The number of carbonyl (C=O) groups excluding carboxylic acids is 2. The fourth-order valence-corrected chi connectivity index (χ4v) is 5.67. The summed E-state index contributed by atoms with van der Waals surface area (Å²) in [6, 6.07) is 24.1. The molecule has 4 atom stereocenters. The highest BCUT2D eigenvalue weighted by Crippen LogP contribution is 2.36. The maximum atomic E-state index is 13.8. The monoisotopic (exact) mass is 594 g/mol. The summed E-state index contributed by atoms with van der Waals surface area (Å²) in [5.74, 6) is 1.20. The van der Waals surface area contributed by atoms with E-state index >= 15 is 0 Å². The molecule has 9 heteroatoms. The standard InChI is InChI=1S/C35H34N2O7/c1-3-41-32(34(39)37-25(21-42-35(37)40)19-23-11-6-4-7-12-23)31(38)28-15-10-16-30-27(28)18-17-26(44-30)20-29-22(2)43-33(36-29)24-13-8-5-9-14-24/h4-18,25-26,31-32,38H,3,19-21H2,1-2H3/t25-,26?,31+,32-/m0/s1. The molecule has 4 aromatic rings. The molecule has 0 bridgehead atoms. The van der Waals surface area contributed by atoms with E-state index in [-0.39, 0.29) is 19.3 Å². The predicted molar refractivity (Wildman–Crippen MR) is 163 cm³/mol. The van der Waals surface area contributed by atoms with Gasteiger partial charge in [-0.2, -0.15) is 0 Å². The second-order valence-electron chi connectivity index (χ2n) is 10.8. The summed E-state index contributed by atoms with van der Waals surface area (Å²) in [5, 5.41) is 11.6. The zero-order valence-corrected chi connectivity index (χ0v) is 24.6. The molecule has 2 aliphatic heterocycles. The molecule has 6 rings (SSSR count). The second-order valence-corrected chi connectivity index (χ2v) is 10.8. The summed E-state index contributed by atoms with van der Waals surface area (Å²) in [7, 11) is 0. The highest BCUT2D eigenvalue weighted by molar-refractivity contribution is 5.96. The molecule has 2 amide bonds. The van der Waals surface area contributed by atoms with Crippen molar-refractivity contribution in [1.29, 1.82) is 0 Å². The predicted octanol–water partition coefficient (Wildman–Crippen LogP) is 5.70. The van der Waals surface area contributed by atoms with E-state index in [4.69, 9.17) is 23.6 Å². The van der Waals surface area contributed by atoms with Gasteiger partial charge in [-0.25, -0.2) is 14.7 Å². The number of cyclic esters (lactones) is 1.